The molecule has 118 valence electrons. The number of ether oxygens (including phenoxy) is 5. The number of carbonyl (C=O) groups is 2. The molecule has 0 aromatic carbocycles. The average molecular weight is 292 g/mol. The fraction of sp³-hybridized carbons (Fsp3) is 0.846. The van der Waals surface area contributed by atoms with Gasteiger partial charge in [-0.3, -0.25) is 4.79 Å². The van der Waals surface area contributed by atoms with E-state index < -0.39 is 11.8 Å². The first-order chi connectivity index (χ1) is 9.31. The zero-order chi connectivity index (χ0) is 15.4. The molecule has 7 heteroatoms. The fourth-order valence-electron chi connectivity index (χ4n) is 1.03. The monoisotopic (exact) mass is 292 g/mol. The smallest absolute Gasteiger partial charge is 0.463 e. The van der Waals surface area contributed by atoms with Crippen molar-refractivity contribution in [3.63, 3.8) is 0 Å². The SMILES string of the molecule is CC(=O)OCCOCCOCCOC(=O)OC(C)(C)C. The molecule has 0 spiro atoms. The third kappa shape index (κ3) is 14.7. The van der Waals surface area contributed by atoms with Crippen molar-refractivity contribution in [2.24, 2.45) is 0 Å². The van der Waals surface area contributed by atoms with Crippen molar-refractivity contribution in [2.75, 3.05) is 39.6 Å². The zero-order valence-electron chi connectivity index (χ0n) is 12.6. The van der Waals surface area contributed by atoms with Crippen molar-refractivity contribution in [1.82, 2.24) is 0 Å². The zero-order valence-corrected chi connectivity index (χ0v) is 12.6. The number of carbonyl (C=O) groups excluding carboxylic acids is 2. The van der Waals surface area contributed by atoms with Crippen LogP contribution in [0.1, 0.15) is 27.7 Å². The minimum absolute atomic E-state index is 0.127. The number of esters is 1. The lowest BCUT2D eigenvalue weighted by molar-refractivity contribution is -0.142. The van der Waals surface area contributed by atoms with Crippen LogP contribution in [0.15, 0.2) is 0 Å². The lowest BCUT2D eigenvalue weighted by atomic mass is 10.2. The molecule has 0 aliphatic heterocycles. The van der Waals surface area contributed by atoms with Gasteiger partial charge in [-0.15, -0.1) is 0 Å². The Kier molecular flexibility index (Phi) is 9.75. The molecule has 7 nitrogen and oxygen atoms in total. The first-order valence-electron chi connectivity index (χ1n) is 6.46. The van der Waals surface area contributed by atoms with E-state index in [4.69, 9.17) is 18.9 Å². The van der Waals surface area contributed by atoms with Gasteiger partial charge in [0.1, 0.15) is 18.8 Å². The molecule has 0 saturated carbocycles. The van der Waals surface area contributed by atoms with Gasteiger partial charge in [-0.25, -0.2) is 4.79 Å². The largest absolute Gasteiger partial charge is 0.508 e. The second-order valence-corrected chi connectivity index (χ2v) is 4.88. The summed E-state index contributed by atoms with van der Waals surface area (Å²) in [6.45, 7) is 8.34. The summed E-state index contributed by atoms with van der Waals surface area (Å²) in [5.74, 6) is -0.329. The van der Waals surface area contributed by atoms with E-state index in [1.54, 1.807) is 20.8 Å². The topological polar surface area (TPSA) is 80.3 Å². The second kappa shape index (κ2) is 10.4. The van der Waals surface area contributed by atoms with Crippen molar-refractivity contribution < 1.29 is 33.3 Å². The van der Waals surface area contributed by atoms with Crippen molar-refractivity contribution in [2.45, 2.75) is 33.3 Å². The maximum Gasteiger partial charge on any atom is 0.508 e. The van der Waals surface area contributed by atoms with Gasteiger partial charge < -0.3 is 23.7 Å². The maximum absolute atomic E-state index is 11.2. The van der Waals surface area contributed by atoms with Crippen molar-refractivity contribution in [1.29, 1.82) is 0 Å². The number of hydrogen-bond acceptors (Lipinski definition) is 7. The molecule has 20 heavy (non-hydrogen) atoms. The van der Waals surface area contributed by atoms with E-state index in [9.17, 15) is 9.59 Å². The highest BCUT2D eigenvalue weighted by atomic mass is 16.7. The van der Waals surface area contributed by atoms with Crippen LogP contribution >= 0.6 is 0 Å². The summed E-state index contributed by atoms with van der Waals surface area (Å²) in [4.78, 5) is 21.6. The molecule has 0 aliphatic rings. The van der Waals surface area contributed by atoms with Crippen LogP contribution in [0.3, 0.4) is 0 Å². The summed E-state index contributed by atoms with van der Waals surface area (Å²) in [6.07, 6.45) is -0.710. The van der Waals surface area contributed by atoms with E-state index >= 15 is 0 Å². The van der Waals surface area contributed by atoms with Gasteiger partial charge in [0, 0.05) is 6.92 Å². The van der Waals surface area contributed by atoms with Crippen molar-refractivity contribution in [3.05, 3.63) is 0 Å². The first-order valence-corrected chi connectivity index (χ1v) is 6.46. The van der Waals surface area contributed by atoms with Crippen LogP contribution in [0.25, 0.3) is 0 Å². The molecular weight excluding hydrogens is 268 g/mol. The Morgan fingerprint density at radius 3 is 1.70 bits per heavy atom. The van der Waals surface area contributed by atoms with Gasteiger partial charge in [-0.1, -0.05) is 0 Å². The number of hydrogen-bond donors (Lipinski definition) is 0. The van der Waals surface area contributed by atoms with Gasteiger partial charge in [0.2, 0.25) is 0 Å². The van der Waals surface area contributed by atoms with Crippen LogP contribution in [0.5, 0.6) is 0 Å². The molecule has 0 rings (SSSR count). The Hall–Kier alpha value is -1.34. The normalized spacial score (nSPS) is 11.0. The van der Waals surface area contributed by atoms with Gasteiger partial charge in [-0.05, 0) is 20.8 Å². The molecule has 0 aromatic heterocycles. The average Bonchev–Trinajstić information content (AvgIpc) is 2.28. The Morgan fingerprint density at radius 2 is 1.25 bits per heavy atom. The second-order valence-electron chi connectivity index (χ2n) is 4.88. The molecule has 0 amide bonds. The molecule has 0 fully saturated rings. The highest BCUT2D eigenvalue weighted by Crippen LogP contribution is 2.07. The highest BCUT2D eigenvalue weighted by Gasteiger charge is 2.16. The van der Waals surface area contributed by atoms with Crippen LogP contribution in [-0.4, -0.2) is 57.4 Å². The van der Waals surface area contributed by atoms with Crippen molar-refractivity contribution >= 4 is 12.1 Å². The minimum atomic E-state index is -0.710. The third-order valence-corrected chi connectivity index (χ3v) is 1.74. The van der Waals surface area contributed by atoms with Crippen LogP contribution in [0.4, 0.5) is 4.79 Å². The van der Waals surface area contributed by atoms with Crippen LogP contribution < -0.4 is 0 Å². The van der Waals surface area contributed by atoms with E-state index in [0.29, 0.717) is 19.8 Å². The van der Waals surface area contributed by atoms with Crippen LogP contribution in [0.2, 0.25) is 0 Å². The Balaban J connectivity index is 3.25. The summed E-state index contributed by atoms with van der Waals surface area (Å²) >= 11 is 0. The first kappa shape index (κ1) is 18.7. The van der Waals surface area contributed by atoms with E-state index in [0.717, 1.165) is 0 Å². The maximum atomic E-state index is 11.2. The molecule has 0 N–H and O–H groups in total. The molecule has 0 radical (unpaired) electrons. The molecule has 0 aliphatic carbocycles. The van der Waals surface area contributed by atoms with Gasteiger partial charge >= 0.3 is 12.1 Å². The molecule has 0 atom stereocenters. The molecule has 0 bridgehead atoms. The molecule has 0 aromatic rings. The van der Waals surface area contributed by atoms with E-state index in [1.165, 1.54) is 6.92 Å². The van der Waals surface area contributed by atoms with E-state index in [2.05, 4.69) is 4.74 Å². The van der Waals surface area contributed by atoms with Gasteiger partial charge in [0.15, 0.2) is 0 Å². The predicted octanol–water partition coefficient (Wildman–Crippen LogP) is 1.53. The third-order valence-electron chi connectivity index (χ3n) is 1.74. The predicted molar refractivity (Wildman–Crippen MR) is 70.5 cm³/mol. The lowest BCUT2D eigenvalue weighted by Crippen LogP contribution is -2.25. The summed E-state index contributed by atoms with van der Waals surface area (Å²) < 4.78 is 24.7. The van der Waals surface area contributed by atoms with Crippen molar-refractivity contribution in [3.8, 4) is 0 Å². The summed E-state index contributed by atoms with van der Waals surface area (Å²) in [6, 6.07) is 0. The van der Waals surface area contributed by atoms with Gasteiger partial charge in [0.25, 0.3) is 0 Å². The summed E-state index contributed by atoms with van der Waals surface area (Å²) in [5, 5.41) is 0. The van der Waals surface area contributed by atoms with Crippen LogP contribution in [0, 0.1) is 0 Å². The molecular formula is C13H24O7. The molecule has 0 saturated heterocycles. The molecule has 0 unspecified atom stereocenters. The Bertz CT molecular complexity index is 283. The van der Waals surface area contributed by atoms with Crippen LogP contribution in [-0.2, 0) is 28.5 Å². The molecule has 0 heterocycles. The highest BCUT2D eigenvalue weighted by molar-refractivity contribution is 5.65. The van der Waals surface area contributed by atoms with E-state index in [1.807, 2.05) is 0 Å². The summed E-state index contributed by atoms with van der Waals surface area (Å²) in [5.41, 5.74) is -0.562. The Morgan fingerprint density at radius 1 is 0.800 bits per heavy atom. The quantitative estimate of drug-likeness (QED) is 0.471. The summed E-state index contributed by atoms with van der Waals surface area (Å²) in [7, 11) is 0. The number of rotatable bonds is 9. The minimum Gasteiger partial charge on any atom is -0.463 e. The van der Waals surface area contributed by atoms with Gasteiger partial charge in [-0.2, -0.15) is 0 Å². The fourth-order valence-corrected chi connectivity index (χ4v) is 1.03. The lowest BCUT2D eigenvalue weighted by Gasteiger charge is -2.18. The standard InChI is InChI=1S/C13H24O7/c1-11(14)18-9-7-16-5-6-17-8-10-19-12(15)20-13(2,3)4/h5-10H2,1-4H3. The van der Waals surface area contributed by atoms with E-state index in [-0.39, 0.29) is 25.8 Å². The Labute approximate surface area is 119 Å². The van der Waals surface area contributed by atoms with Gasteiger partial charge in [0.05, 0.1) is 26.4 Å².